The van der Waals surface area contributed by atoms with Crippen LogP contribution in [0.15, 0.2) is 4.52 Å². The first-order valence-corrected chi connectivity index (χ1v) is 7.20. The highest BCUT2D eigenvalue weighted by molar-refractivity contribution is 5.27. The molecule has 2 aromatic heterocycles. The molecular formula is C15H24N4O. The molecule has 0 saturated heterocycles. The minimum absolute atomic E-state index is 0.724. The van der Waals surface area contributed by atoms with E-state index >= 15 is 0 Å². The van der Waals surface area contributed by atoms with Crippen LogP contribution in [0.3, 0.4) is 0 Å². The van der Waals surface area contributed by atoms with E-state index in [1.165, 1.54) is 11.3 Å². The van der Waals surface area contributed by atoms with Crippen molar-refractivity contribution in [1.82, 2.24) is 20.3 Å². The molecule has 0 aromatic carbocycles. The molecule has 0 aliphatic rings. The molecule has 0 radical (unpaired) electrons. The number of nitrogens with zero attached hydrogens (tertiary/aromatic N) is 3. The van der Waals surface area contributed by atoms with Gasteiger partial charge in [-0.05, 0) is 40.7 Å². The fourth-order valence-corrected chi connectivity index (χ4v) is 2.41. The van der Waals surface area contributed by atoms with Crippen molar-refractivity contribution in [1.29, 1.82) is 0 Å². The molecule has 5 heteroatoms. The van der Waals surface area contributed by atoms with Crippen LogP contribution in [-0.2, 0) is 13.1 Å². The molecule has 0 fully saturated rings. The highest BCUT2D eigenvalue weighted by Gasteiger charge is 2.15. The molecule has 0 atom stereocenters. The monoisotopic (exact) mass is 276 g/mol. The number of aryl methyl sites for hydroxylation is 3. The van der Waals surface area contributed by atoms with Gasteiger partial charge in [0.2, 0.25) is 0 Å². The van der Waals surface area contributed by atoms with E-state index in [4.69, 9.17) is 4.52 Å². The molecule has 2 aromatic rings. The van der Waals surface area contributed by atoms with Gasteiger partial charge in [0.1, 0.15) is 5.76 Å². The topological polar surface area (TPSA) is 55.9 Å². The maximum atomic E-state index is 5.22. The van der Waals surface area contributed by atoms with Gasteiger partial charge >= 0.3 is 0 Å². The fraction of sp³-hybridized carbons (Fsp3) is 0.600. The van der Waals surface area contributed by atoms with Gasteiger partial charge in [0, 0.05) is 23.4 Å². The Balaban J connectivity index is 2.19. The summed E-state index contributed by atoms with van der Waals surface area (Å²) in [5.41, 5.74) is 5.68. The Kier molecular flexibility index (Phi) is 4.60. The summed E-state index contributed by atoms with van der Waals surface area (Å²) in [5, 5.41) is 12.1. The quantitative estimate of drug-likeness (QED) is 0.824. The highest BCUT2D eigenvalue weighted by Crippen LogP contribution is 2.18. The number of rotatable bonds is 6. The third-order valence-electron chi connectivity index (χ3n) is 3.75. The lowest BCUT2D eigenvalue weighted by molar-refractivity contribution is 0.391. The second-order valence-corrected chi connectivity index (χ2v) is 5.29. The zero-order valence-corrected chi connectivity index (χ0v) is 13.1. The summed E-state index contributed by atoms with van der Waals surface area (Å²) in [7, 11) is 0. The highest BCUT2D eigenvalue weighted by atomic mass is 16.5. The SMILES string of the molecule is CCCNCc1c(C)nn(Cc2c(C)noc2C)c1C. The van der Waals surface area contributed by atoms with E-state index in [0.717, 1.165) is 48.8 Å². The van der Waals surface area contributed by atoms with Crippen molar-refractivity contribution in [2.45, 2.75) is 54.1 Å². The average Bonchev–Trinajstić information content (AvgIpc) is 2.86. The lowest BCUT2D eigenvalue weighted by Gasteiger charge is -2.06. The molecule has 1 N–H and O–H groups in total. The molecule has 2 rings (SSSR count). The van der Waals surface area contributed by atoms with Crippen LogP contribution in [0.1, 0.15) is 47.3 Å². The van der Waals surface area contributed by atoms with E-state index < -0.39 is 0 Å². The summed E-state index contributed by atoms with van der Waals surface area (Å²) in [6, 6.07) is 0. The van der Waals surface area contributed by atoms with E-state index in [1.54, 1.807) is 0 Å². The van der Waals surface area contributed by atoms with Crippen molar-refractivity contribution in [2.75, 3.05) is 6.54 Å². The summed E-state index contributed by atoms with van der Waals surface area (Å²) in [4.78, 5) is 0. The van der Waals surface area contributed by atoms with Gasteiger partial charge in [-0.1, -0.05) is 12.1 Å². The molecule has 0 unspecified atom stereocenters. The second kappa shape index (κ2) is 6.22. The molecule has 20 heavy (non-hydrogen) atoms. The van der Waals surface area contributed by atoms with Crippen molar-refractivity contribution in [3.05, 3.63) is 34.0 Å². The van der Waals surface area contributed by atoms with E-state index in [2.05, 4.69) is 36.3 Å². The summed E-state index contributed by atoms with van der Waals surface area (Å²) < 4.78 is 7.27. The molecule has 2 heterocycles. The van der Waals surface area contributed by atoms with Crippen LogP contribution < -0.4 is 5.32 Å². The molecule has 5 nitrogen and oxygen atoms in total. The van der Waals surface area contributed by atoms with Crippen LogP contribution >= 0.6 is 0 Å². The van der Waals surface area contributed by atoms with Crippen molar-refractivity contribution >= 4 is 0 Å². The Morgan fingerprint density at radius 3 is 2.45 bits per heavy atom. The number of nitrogens with one attached hydrogen (secondary N) is 1. The molecule has 0 bridgehead atoms. The third-order valence-corrected chi connectivity index (χ3v) is 3.75. The lowest BCUT2D eigenvalue weighted by Crippen LogP contribution is -2.15. The molecular weight excluding hydrogens is 252 g/mol. The Hall–Kier alpha value is -1.62. The first-order valence-electron chi connectivity index (χ1n) is 7.20. The fourth-order valence-electron chi connectivity index (χ4n) is 2.41. The van der Waals surface area contributed by atoms with Crippen LogP contribution in [0.2, 0.25) is 0 Å². The molecule has 110 valence electrons. The van der Waals surface area contributed by atoms with E-state index in [-0.39, 0.29) is 0 Å². The van der Waals surface area contributed by atoms with Gasteiger partial charge in [0.05, 0.1) is 17.9 Å². The van der Waals surface area contributed by atoms with Gasteiger partial charge < -0.3 is 9.84 Å². The largest absolute Gasteiger partial charge is 0.361 e. The minimum atomic E-state index is 0.724. The van der Waals surface area contributed by atoms with Crippen LogP contribution in [0.25, 0.3) is 0 Å². The van der Waals surface area contributed by atoms with Crippen LogP contribution in [0.4, 0.5) is 0 Å². The van der Waals surface area contributed by atoms with Gasteiger partial charge in [0.15, 0.2) is 0 Å². The summed E-state index contributed by atoms with van der Waals surface area (Å²) in [6.45, 7) is 12.9. The van der Waals surface area contributed by atoms with Crippen LogP contribution in [0.5, 0.6) is 0 Å². The Morgan fingerprint density at radius 1 is 1.10 bits per heavy atom. The first kappa shape index (κ1) is 14.8. The Bertz CT molecular complexity index is 563. The predicted molar refractivity (Wildman–Crippen MR) is 78.8 cm³/mol. The molecule has 0 spiro atoms. The maximum Gasteiger partial charge on any atom is 0.138 e. The predicted octanol–water partition coefficient (Wildman–Crippen LogP) is 2.65. The second-order valence-electron chi connectivity index (χ2n) is 5.29. The number of hydrogen-bond acceptors (Lipinski definition) is 4. The van der Waals surface area contributed by atoms with E-state index in [1.807, 2.05) is 18.5 Å². The molecule has 0 aliphatic carbocycles. The van der Waals surface area contributed by atoms with E-state index in [0.29, 0.717) is 0 Å². The van der Waals surface area contributed by atoms with Crippen molar-refractivity contribution in [3.8, 4) is 0 Å². The number of aromatic nitrogens is 3. The third kappa shape index (κ3) is 2.93. The van der Waals surface area contributed by atoms with Gasteiger partial charge in [-0.25, -0.2) is 0 Å². The lowest BCUT2D eigenvalue weighted by atomic mass is 10.2. The van der Waals surface area contributed by atoms with Gasteiger partial charge in [-0.2, -0.15) is 5.10 Å². The number of hydrogen-bond donors (Lipinski definition) is 1. The summed E-state index contributed by atoms with van der Waals surface area (Å²) in [5.74, 6) is 0.876. The molecule has 0 aliphatic heterocycles. The van der Waals surface area contributed by atoms with Gasteiger partial charge in [-0.15, -0.1) is 0 Å². The zero-order valence-electron chi connectivity index (χ0n) is 13.1. The summed E-state index contributed by atoms with van der Waals surface area (Å²) >= 11 is 0. The van der Waals surface area contributed by atoms with Gasteiger partial charge in [-0.3, -0.25) is 4.68 Å². The Morgan fingerprint density at radius 2 is 1.85 bits per heavy atom. The van der Waals surface area contributed by atoms with Gasteiger partial charge in [0.25, 0.3) is 0 Å². The minimum Gasteiger partial charge on any atom is -0.361 e. The maximum absolute atomic E-state index is 5.22. The van der Waals surface area contributed by atoms with E-state index in [9.17, 15) is 0 Å². The van der Waals surface area contributed by atoms with Crippen LogP contribution in [0, 0.1) is 27.7 Å². The van der Waals surface area contributed by atoms with Crippen molar-refractivity contribution in [3.63, 3.8) is 0 Å². The van der Waals surface area contributed by atoms with Crippen molar-refractivity contribution < 1.29 is 4.52 Å². The smallest absolute Gasteiger partial charge is 0.138 e. The normalized spacial score (nSPS) is 11.2. The molecule has 0 amide bonds. The molecule has 0 saturated carbocycles. The van der Waals surface area contributed by atoms with Crippen molar-refractivity contribution in [2.24, 2.45) is 0 Å². The summed E-state index contributed by atoms with van der Waals surface area (Å²) in [6.07, 6.45) is 1.14. The zero-order chi connectivity index (χ0) is 14.7. The van der Waals surface area contributed by atoms with Crippen LogP contribution in [-0.4, -0.2) is 21.5 Å². The standard InChI is InChI=1S/C15H24N4O/c1-6-7-16-8-14-10(2)17-19(12(14)4)9-15-11(3)18-20-13(15)5/h16H,6-9H2,1-5H3. The Labute approximate surface area is 120 Å². The average molecular weight is 276 g/mol. The first-order chi connectivity index (χ1) is 9.54.